The minimum Gasteiger partial charge on any atom is -0.443 e. The highest BCUT2D eigenvalue weighted by molar-refractivity contribution is 5.97. The van der Waals surface area contributed by atoms with Gasteiger partial charge in [0.15, 0.2) is 17.8 Å². The highest BCUT2D eigenvalue weighted by Gasteiger charge is 2.19. The van der Waals surface area contributed by atoms with Crippen LogP contribution in [0.1, 0.15) is 10.5 Å². The molecule has 0 saturated heterocycles. The first kappa shape index (κ1) is 10.3. The van der Waals surface area contributed by atoms with E-state index in [1.807, 2.05) is 5.43 Å². The number of nitrogens with zero attached hydrogens (tertiary/aromatic N) is 1. The Morgan fingerprint density at radius 1 is 1.44 bits per heavy atom. The molecule has 3 N–H and O–H groups in total. The Kier molecular flexibility index (Phi) is 2.65. The van der Waals surface area contributed by atoms with Gasteiger partial charge in [0.25, 0.3) is 5.91 Å². The maximum atomic E-state index is 13.4. The molecule has 0 fully saturated rings. The molecule has 1 heterocycles. The molecule has 0 unspecified atom stereocenters. The molecule has 0 radical (unpaired) electrons. The van der Waals surface area contributed by atoms with Gasteiger partial charge in [0.1, 0.15) is 5.82 Å². The van der Waals surface area contributed by atoms with E-state index in [0.29, 0.717) is 0 Å². The minimum absolute atomic E-state index is 0.0485. The van der Waals surface area contributed by atoms with E-state index in [1.165, 1.54) is 18.2 Å². The van der Waals surface area contributed by atoms with E-state index in [1.54, 1.807) is 6.07 Å². The van der Waals surface area contributed by atoms with Crippen molar-refractivity contribution >= 4 is 5.91 Å². The third kappa shape index (κ3) is 1.66. The Bertz CT molecular complexity index is 524. The van der Waals surface area contributed by atoms with Crippen molar-refractivity contribution in [1.29, 1.82) is 0 Å². The Balaban J connectivity index is 2.53. The Labute approximate surface area is 90.1 Å². The number of aromatic nitrogens is 1. The molecule has 1 amide bonds. The van der Waals surface area contributed by atoms with E-state index >= 15 is 0 Å². The number of hydrazine groups is 1. The summed E-state index contributed by atoms with van der Waals surface area (Å²) >= 11 is 0. The molecular formula is C10H8FN3O2. The summed E-state index contributed by atoms with van der Waals surface area (Å²) in [6.45, 7) is 0. The van der Waals surface area contributed by atoms with Crippen LogP contribution < -0.4 is 11.3 Å². The van der Waals surface area contributed by atoms with Crippen molar-refractivity contribution in [3.05, 3.63) is 42.2 Å². The number of rotatable bonds is 2. The van der Waals surface area contributed by atoms with Crippen LogP contribution in [0.3, 0.4) is 0 Å². The Morgan fingerprint density at radius 3 is 2.88 bits per heavy atom. The van der Waals surface area contributed by atoms with E-state index in [0.717, 1.165) is 6.39 Å². The molecule has 0 bridgehead atoms. The van der Waals surface area contributed by atoms with Crippen LogP contribution >= 0.6 is 0 Å². The predicted molar refractivity (Wildman–Crippen MR) is 53.6 cm³/mol. The second-order valence-corrected chi connectivity index (χ2v) is 2.98. The zero-order valence-electron chi connectivity index (χ0n) is 8.11. The fraction of sp³-hybridized carbons (Fsp3) is 0. The Hall–Kier alpha value is -2.21. The van der Waals surface area contributed by atoms with Crippen molar-refractivity contribution in [3.8, 4) is 11.3 Å². The van der Waals surface area contributed by atoms with Gasteiger partial charge in [0.2, 0.25) is 0 Å². The van der Waals surface area contributed by atoms with E-state index in [9.17, 15) is 9.18 Å². The van der Waals surface area contributed by atoms with Gasteiger partial charge in [-0.1, -0.05) is 12.1 Å². The summed E-state index contributed by atoms with van der Waals surface area (Å²) in [6.07, 6.45) is 1.06. The fourth-order valence-corrected chi connectivity index (χ4v) is 1.31. The summed E-state index contributed by atoms with van der Waals surface area (Å²) in [7, 11) is 0. The summed E-state index contributed by atoms with van der Waals surface area (Å²) in [4.78, 5) is 15.0. The van der Waals surface area contributed by atoms with Crippen LogP contribution in [0.4, 0.5) is 4.39 Å². The lowest BCUT2D eigenvalue weighted by atomic mass is 10.1. The summed E-state index contributed by atoms with van der Waals surface area (Å²) in [5.41, 5.74) is 2.03. The summed E-state index contributed by atoms with van der Waals surface area (Å²) in [5, 5.41) is 0. The lowest BCUT2D eigenvalue weighted by molar-refractivity contribution is 0.0949. The Morgan fingerprint density at radius 2 is 2.19 bits per heavy atom. The minimum atomic E-state index is -0.632. The molecule has 0 aliphatic carbocycles. The highest BCUT2D eigenvalue weighted by atomic mass is 19.1. The zero-order chi connectivity index (χ0) is 11.5. The van der Waals surface area contributed by atoms with Gasteiger partial charge in [-0.25, -0.2) is 15.2 Å². The van der Waals surface area contributed by atoms with E-state index in [-0.39, 0.29) is 17.0 Å². The highest BCUT2D eigenvalue weighted by Crippen LogP contribution is 2.25. The molecule has 0 saturated carbocycles. The van der Waals surface area contributed by atoms with Gasteiger partial charge in [-0.05, 0) is 12.1 Å². The van der Waals surface area contributed by atoms with Crippen LogP contribution in [-0.2, 0) is 0 Å². The molecule has 6 heteroatoms. The number of benzene rings is 1. The second kappa shape index (κ2) is 4.11. The van der Waals surface area contributed by atoms with Gasteiger partial charge in [0, 0.05) is 0 Å². The fourth-order valence-electron chi connectivity index (χ4n) is 1.31. The number of carbonyl (C=O) groups excluding carboxylic acids is 1. The van der Waals surface area contributed by atoms with Crippen LogP contribution in [-0.4, -0.2) is 10.9 Å². The molecule has 1 aromatic heterocycles. The van der Waals surface area contributed by atoms with Gasteiger partial charge in [-0.3, -0.25) is 10.2 Å². The molecule has 5 nitrogen and oxygen atoms in total. The number of oxazole rings is 1. The van der Waals surface area contributed by atoms with Gasteiger partial charge in [-0.2, -0.15) is 0 Å². The molecular weight excluding hydrogens is 213 g/mol. The van der Waals surface area contributed by atoms with Crippen molar-refractivity contribution < 1.29 is 13.6 Å². The molecule has 0 spiro atoms. The number of carbonyl (C=O) groups is 1. The maximum Gasteiger partial charge on any atom is 0.287 e. The quantitative estimate of drug-likeness (QED) is 0.451. The average molecular weight is 221 g/mol. The first-order valence-corrected chi connectivity index (χ1v) is 4.43. The molecule has 2 rings (SSSR count). The average Bonchev–Trinajstić information content (AvgIpc) is 2.77. The molecule has 0 aliphatic rings. The monoisotopic (exact) mass is 221 g/mol. The summed E-state index contributed by atoms with van der Waals surface area (Å²) in [5.74, 6) is 3.90. The van der Waals surface area contributed by atoms with E-state index in [4.69, 9.17) is 10.3 Å². The van der Waals surface area contributed by atoms with Gasteiger partial charge >= 0.3 is 0 Å². The maximum absolute atomic E-state index is 13.4. The summed E-state index contributed by atoms with van der Waals surface area (Å²) in [6, 6.07) is 5.92. The first-order valence-electron chi connectivity index (χ1n) is 4.43. The normalized spacial score (nSPS) is 10.1. The number of nitrogens with one attached hydrogen (secondary N) is 1. The van der Waals surface area contributed by atoms with E-state index < -0.39 is 11.7 Å². The zero-order valence-corrected chi connectivity index (χ0v) is 8.11. The van der Waals surface area contributed by atoms with Crippen LogP contribution in [0, 0.1) is 5.82 Å². The van der Waals surface area contributed by atoms with Gasteiger partial charge in [0.05, 0.1) is 5.56 Å². The van der Waals surface area contributed by atoms with Crippen molar-refractivity contribution in [1.82, 2.24) is 10.4 Å². The second-order valence-electron chi connectivity index (χ2n) is 2.98. The van der Waals surface area contributed by atoms with Crippen LogP contribution in [0.2, 0.25) is 0 Å². The van der Waals surface area contributed by atoms with Crippen molar-refractivity contribution in [2.75, 3.05) is 0 Å². The molecule has 0 atom stereocenters. The number of nitrogen functional groups attached to an aromatic ring is 1. The SMILES string of the molecule is NNC(=O)c1ncoc1-c1ccccc1F. The summed E-state index contributed by atoms with van der Waals surface area (Å²) < 4.78 is 18.4. The van der Waals surface area contributed by atoms with Crippen molar-refractivity contribution in [2.45, 2.75) is 0 Å². The van der Waals surface area contributed by atoms with Crippen LogP contribution in [0.5, 0.6) is 0 Å². The van der Waals surface area contributed by atoms with Crippen LogP contribution in [0.15, 0.2) is 35.1 Å². The number of nitrogens with two attached hydrogens (primary N) is 1. The number of amides is 1. The molecule has 0 aliphatic heterocycles. The lowest BCUT2D eigenvalue weighted by Crippen LogP contribution is -2.30. The molecule has 1 aromatic carbocycles. The van der Waals surface area contributed by atoms with Crippen molar-refractivity contribution in [2.24, 2.45) is 5.84 Å². The van der Waals surface area contributed by atoms with E-state index in [2.05, 4.69) is 4.98 Å². The largest absolute Gasteiger partial charge is 0.443 e. The van der Waals surface area contributed by atoms with Crippen LogP contribution in [0.25, 0.3) is 11.3 Å². The number of halogens is 1. The standard InChI is InChI=1S/C10H8FN3O2/c11-7-4-2-1-3-6(7)9-8(10(15)14-12)13-5-16-9/h1-5H,12H2,(H,14,15). The lowest BCUT2D eigenvalue weighted by Gasteiger charge is -2.01. The third-order valence-corrected chi connectivity index (χ3v) is 2.03. The molecule has 2 aromatic rings. The van der Waals surface area contributed by atoms with Crippen molar-refractivity contribution in [3.63, 3.8) is 0 Å². The number of hydrogen-bond acceptors (Lipinski definition) is 4. The first-order chi connectivity index (χ1) is 7.74. The van der Waals surface area contributed by atoms with Gasteiger partial charge < -0.3 is 4.42 Å². The topological polar surface area (TPSA) is 81.1 Å². The third-order valence-electron chi connectivity index (χ3n) is 2.03. The van der Waals surface area contributed by atoms with Gasteiger partial charge in [-0.15, -0.1) is 0 Å². The predicted octanol–water partition coefficient (Wildman–Crippen LogP) is 1.08. The number of hydrogen-bond donors (Lipinski definition) is 2. The molecule has 82 valence electrons. The smallest absolute Gasteiger partial charge is 0.287 e. The molecule has 16 heavy (non-hydrogen) atoms.